The minimum Gasteiger partial charge on any atom is -0.490 e. The molecule has 1 saturated heterocycles. The number of nitrogens with zero attached hydrogens (tertiary/aromatic N) is 1. The van der Waals surface area contributed by atoms with Crippen LogP contribution < -0.4 is 4.74 Å². The lowest BCUT2D eigenvalue weighted by Crippen LogP contribution is -2.14. The first-order valence-corrected chi connectivity index (χ1v) is 8.89. The highest BCUT2D eigenvalue weighted by molar-refractivity contribution is 7.96. The minimum absolute atomic E-state index is 0.362. The van der Waals surface area contributed by atoms with Crippen LogP contribution >= 0.6 is 11.9 Å². The van der Waals surface area contributed by atoms with E-state index < -0.39 is 0 Å². The fourth-order valence-corrected chi connectivity index (χ4v) is 3.58. The summed E-state index contributed by atoms with van der Waals surface area (Å²) in [6, 6.07) is 8.62. The van der Waals surface area contributed by atoms with Gasteiger partial charge in [0, 0.05) is 18.8 Å². The zero-order valence-corrected chi connectivity index (χ0v) is 13.6. The van der Waals surface area contributed by atoms with Crippen LogP contribution in [-0.4, -0.2) is 23.5 Å². The molecule has 0 aliphatic carbocycles. The maximum atomic E-state index is 6.09. The third kappa shape index (κ3) is 5.02. The van der Waals surface area contributed by atoms with Crippen LogP contribution in [0.15, 0.2) is 24.3 Å². The lowest BCUT2D eigenvalue weighted by atomic mass is 10.1. The Labute approximate surface area is 128 Å². The largest absolute Gasteiger partial charge is 0.490 e. The van der Waals surface area contributed by atoms with Crippen molar-refractivity contribution in [3.63, 3.8) is 0 Å². The van der Waals surface area contributed by atoms with Crippen LogP contribution in [0.25, 0.3) is 0 Å². The van der Waals surface area contributed by atoms with E-state index in [4.69, 9.17) is 4.74 Å². The predicted molar refractivity (Wildman–Crippen MR) is 88.2 cm³/mol. The van der Waals surface area contributed by atoms with E-state index in [0.717, 1.165) is 24.3 Å². The van der Waals surface area contributed by atoms with Crippen molar-refractivity contribution in [3.05, 3.63) is 29.8 Å². The molecular formula is C17H27NOS. The van der Waals surface area contributed by atoms with Crippen LogP contribution in [0.2, 0.25) is 0 Å². The van der Waals surface area contributed by atoms with Gasteiger partial charge in [-0.2, -0.15) is 0 Å². The van der Waals surface area contributed by atoms with E-state index in [-0.39, 0.29) is 0 Å². The van der Waals surface area contributed by atoms with Crippen molar-refractivity contribution >= 4 is 11.9 Å². The molecule has 1 heterocycles. The molecule has 0 radical (unpaired) electrons. The van der Waals surface area contributed by atoms with Crippen molar-refractivity contribution in [1.29, 1.82) is 0 Å². The van der Waals surface area contributed by atoms with Gasteiger partial charge in [-0.1, -0.05) is 44.3 Å². The molecule has 2 nitrogen and oxygen atoms in total. The molecule has 0 N–H and O–H groups in total. The van der Waals surface area contributed by atoms with Crippen LogP contribution in [0.5, 0.6) is 5.75 Å². The van der Waals surface area contributed by atoms with Crippen molar-refractivity contribution < 1.29 is 4.74 Å². The van der Waals surface area contributed by atoms with Crippen LogP contribution in [0.3, 0.4) is 0 Å². The summed E-state index contributed by atoms with van der Waals surface area (Å²) < 4.78 is 8.58. The van der Waals surface area contributed by atoms with Gasteiger partial charge in [0.25, 0.3) is 0 Å². The lowest BCUT2D eigenvalue weighted by molar-refractivity contribution is 0.185. The summed E-state index contributed by atoms with van der Waals surface area (Å²) in [5, 5.41) is 0. The summed E-state index contributed by atoms with van der Waals surface area (Å²) in [5.74, 6) is 2.09. The Balaban J connectivity index is 1.86. The predicted octanol–water partition coefficient (Wildman–Crippen LogP) is 4.89. The number of benzene rings is 1. The van der Waals surface area contributed by atoms with Gasteiger partial charge in [0.2, 0.25) is 0 Å². The minimum atomic E-state index is 0.362. The second kappa shape index (κ2) is 8.58. The van der Waals surface area contributed by atoms with Crippen molar-refractivity contribution in [3.8, 4) is 5.75 Å². The van der Waals surface area contributed by atoms with E-state index in [9.17, 15) is 0 Å². The smallest absolute Gasteiger partial charge is 0.120 e. The third-order valence-corrected chi connectivity index (χ3v) is 4.94. The zero-order chi connectivity index (χ0) is 14.2. The number of hydrogen-bond acceptors (Lipinski definition) is 3. The topological polar surface area (TPSA) is 12.5 Å². The van der Waals surface area contributed by atoms with Gasteiger partial charge in [-0.05, 0) is 43.4 Å². The first-order chi connectivity index (χ1) is 9.81. The quantitative estimate of drug-likeness (QED) is 0.633. The van der Waals surface area contributed by atoms with Gasteiger partial charge >= 0.3 is 0 Å². The number of rotatable bonds is 8. The Morgan fingerprint density at radius 2 is 2.05 bits per heavy atom. The average molecular weight is 293 g/mol. The molecule has 1 unspecified atom stereocenters. The molecule has 1 atom stereocenters. The monoisotopic (exact) mass is 293 g/mol. The molecule has 1 aromatic carbocycles. The molecule has 20 heavy (non-hydrogen) atoms. The van der Waals surface area contributed by atoms with Gasteiger partial charge in [0.15, 0.2) is 0 Å². The number of hydrogen-bond donors (Lipinski definition) is 0. The molecule has 112 valence electrons. The Kier molecular flexibility index (Phi) is 6.74. The highest BCUT2D eigenvalue weighted by Crippen LogP contribution is 2.25. The fraction of sp³-hybridized carbons (Fsp3) is 0.647. The van der Waals surface area contributed by atoms with Gasteiger partial charge in [0.1, 0.15) is 5.75 Å². The SMILES string of the molecule is CCCC(CC)Oc1cccc(CSN2CCCC2)c1. The first-order valence-electron chi connectivity index (χ1n) is 7.95. The molecule has 0 spiro atoms. The highest BCUT2D eigenvalue weighted by Gasteiger charge is 2.12. The van der Waals surface area contributed by atoms with Crippen LogP contribution in [-0.2, 0) is 5.75 Å². The van der Waals surface area contributed by atoms with Crippen molar-refractivity contribution in [2.75, 3.05) is 13.1 Å². The zero-order valence-electron chi connectivity index (χ0n) is 12.8. The third-order valence-electron chi connectivity index (χ3n) is 3.75. The average Bonchev–Trinajstić information content (AvgIpc) is 2.98. The van der Waals surface area contributed by atoms with Gasteiger partial charge in [-0.15, -0.1) is 0 Å². The summed E-state index contributed by atoms with van der Waals surface area (Å²) >= 11 is 1.96. The second-order valence-electron chi connectivity index (χ2n) is 5.49. The maximum Gasteiger partial charge on any atom is 0.120 e. The van der Waals surface area contributed by atoms with Crippen LogP contribution in [0, 0.1) is 0 Å². The molecule has 1 aliphatic heterocycles. The second-order valence-corrected chi connectivity index (χ2v) is 6.56. The molecule has 2 rings (SSSR count). The van der Waals surface area contributed by atoms with E-state index in [2.05, 4.69) is 42.4 Å². The van der Waals surface area contributed by atoms with Gasteiger partial charge in [-0.3, -0.25) is 4.31 Å². The lowest BCUT2D eigenvalue weighted by Gasteiger charge is -2.18. The maximum absolute atomic E-state index is 6.09. The molecule has 0 saturated carbocycles. The van der Waals surface area contributed by atoms with Gasteiger partial charge in [-0.25, -0.2) is 0 Å². The summed E-state index contributed by atoms with van der Waals surface area (Å²) in [6.07, 6.45) is 6.48. The van der Waals surface area contributed by atoms with Crippen molar-refractivity contribution in [2.45, 2.75) is 57.8 Å². The molecule has 0 bridgehead atoms. The Hall–Kier alpha value is -0.670. The van der Waals surface area contributed by atoms with E-state index in [0.29, 0.717) is 6.10 Å². The standard InChI is InChI=1S/C17H27NOS/c1-3-8-16(4-2)19-17-10-7-9-15(13-17)14-20-18-11-5-6-12-18/h7,9-10,13,16H,3-6,8,11-12,14H2,1-2H3. The molecule has 0 aromatic heterocycles. The Morgan fingerprint density at radius 3 is 2.75 bits per heavy atom. The number of ether oxygens (including phenoxy) is 1. The highest BCUT2D eigenvalue weighted by atomic mass is 32.2. The fourth-order valence-electron chi connectivity index (χ4n) is 2.55. The molecule has 3 heteroatoms. The normalized spacial score (nSPS) is 17.3. The summed E-state index contributed by atoms with van der Waals surface area (Å²) in [7, 11) is 0. The van der Waals surface area contributed by atoms with Gasteiger partial charge < -0.3 is 4.74 Å². The van der Waals surface area contributed by atoms with Gasteiger partial charge in [0.05, 0.1) is 6.10 Å². The van der Waals surface area contributed by atoms with Crippen LogP contribution in [0.4, 0.5) is 0 Å². The molecule has 0 amide bonds. The first kappa shape index (κ1) is 15.7. The Morgan fingerprint density at radius 1 is 1.25 bits per heavy atom. The summed E-state index contributed by atoms with van der Waals surface area (Å²) in [4.78, 5) is 0. The molecule has 1 fully saturated rings. The Bertz CT molecular complexity index is 390. The van der Waals surface area contributed by atoms with E-state index in [1.807, 2.05) is 11.9 Å². The summed E-state index contributed by atoms with van der Waals surface area (Å²) in [6.45, 7) is 6.91. The van der Waals surface area contributed by atoms with Crippen molar-refractivity contribution in [2.24, 2.45) is 0 Å². The molecular weight excluding hydrogens is 266 g/mol. The van der Waals surface area contributed by atoms with Crippen molar-refractivity contribution in [1.82, 2.24) is 4.31 Å². The molecule has 1 aromatic rings. The van der Waals surface area contributed by atoms with E-state index in [1.54, 1.807) is 0 Å². The summed E-state index contributed by atoms with van der Waals surface area (Å²) in [5.41, 5.74) is 1.37. The molecule has 1 aliphatic rings. The van der Waals surface area contributed by atoms with Crippen LogP contribution in [0.1, 0.15) is 51.5 Å². The van der Waals surface area contributed by atoms with E-state index >= 15 is 0 Å². The van der Waals surface area contributed by atoms with E-state index in [1.165, 1.54) is 37.9 Å².